The zero-order valence-corrected chi connectivity index (χ0v) is 18.0. The minimum absolute atomic E-state index is 0.0977. The molecule has 7 nitrogen and oxygen atoms in total. The third-order valence-corrected chi connectivity index (χ3v) is 6.37. The molecular weight excluding hydrogens is 388 g/mol. The van der Waals surface area contributed by atoms with Crippen molar-refractivity contribution >= 4 is 27.8 Å². The van der Waals surface area contributed by atoms with Gasteiger partial charge in [0.05, 0.1) is 18.3 Å². The van der Waals surface area contributed by atoms with Gasteiger partial charge in [0, 0.05) is 18.8 Å². The molecule has 0 spiro atoms. The number of nitrogens with one attached hydrogen (secondary N) is 1. The number of rotatable bonds is 4. The molecule has 0 radical (unpaired) electrons. The second-order valence-corrected chi connectivity index (χ2v) is 8.49. The van der Waals surface area contributed by atoms with Crippen LogP contribution in [0.25, 0.3) is 21.9 Å². The van der Waals surface area contributed by atoms with Crippen LogP contribution in [-0.2, 0) is 6.54 Å². The minimum atomic E-state index is 0.0977. The van der Waals surface area contributed by atoms with Crippen molar-refractivity contribution in [3.8, 4) is 0 Å². The number of fused-ring (bicyclic) bond motifs is 2. The van der Waals surface area contributed by atoms with Crippen molar-refractivity contribution in [3.05, 3.63) is 70.7 Å². The maximum Gasteiger partial charge on any atom is 0.259 e. The molecule has 1 N–H and O–H groups in total. The van der Waals surface area contributed by atoms with E-state index < -0.39 is 0 Å². The van der Waals surface area contributed by atoms with Gasteiger partial charge in [-0.3, -0.25) is 4.79 Å². The standard InChI is InChI=1S/C24H26N6O/c1-15-7-4-5-10-19(15)30-18(11-17-9-6-8-16(2)20(17)24(30)31)12-29(3)23-21-22(26-13-25-21)27-14-28-23/h4-6,8-9,11,13-15,19H,7,10,12H2,1-3H3,(H,25,26,27,28). The van der Waals surface area contributed by atoms with Crippen molar-refractivity contribution in [2.45, 2.75) is 39.3 Å². The molecular formula is C24H26N6O. The fourth-order valence-electron chi connectivity index (χ4n) is 4.74. The van der Waals surface area contributed by atoms with Gasteiger partial charge in [-0.05, 0) is 42.7 Å². The maximum absolute atomic E-state index is 13.8. The number of H-pyrrole nitrogens is 1. The summed E-state index contributed by atoms with van der Waals surface area (Å²) >= 11 is 0. The monoisotopic (exact) mass is 414 g/mol. The van der Waals surface area contributed by atoms with Crippen LogP contribution >= 0.6 is 0 Å². The molecule has 5 rings (SSSR count). The number of imidazole rings is 1. The van der Waals surface area contributed by atoms with Crippen LogP contribution in [-0.4, -0.2) is 31.6 Å². The molecule has 0 saturated carbocycles. The summed E-state index contributed by atoms with van der Waals surface area (Å²) in [5, 5.41) is 1.80. The third-order valence-electron chi connectivity index (χ3n) is 6.37. The summed E-state index contributed by atoms with van der Waals surface area (Å²) in [6, 6.07) is 8.36. The first-order valence-corrected chi connectivity index (χ1v) is 10.7. The van der Waals surface area contributed by atoms with E-state index in [2.05, 4.69) is 50.0 Å². The summed E-state index contributed by atoms with van der Waals surface area (Å²) in [5.74, 6) is 1.16. The van der Waals surface area contributed by atoms with Gasteiger partial charge in [0.25, 0.3) is 5.56 Å². The van der Waals surface area contributed by atoms with Crippen LogP contribution in [0.1, 0.15) is 37.1 Å². The van der Waals surface area contributed by atoms with Crippen molar-refractivity contribution in [1.82, 2.24) is 24.5 Å². The molecule has 0 fully saturated rings. The quantitative estimate of drug-likeness (QED) is 0.508. The third kappa shape index (κ3) is 3.30. The number of nitrogens with zero attached hydrogens (tertiary/aromatic N) is 5. The lowest BCUT2D eigenvalue weighted by Gasteiger charge is -2.31. The Balaban J connectivity index is 1.66. The van der Waals surface area contributed by atoms with Gasteiger partial charge in [-0.15, -0.1) is 0 Å². The van der Waals surface area contributed by atoms with Gasteiger partial charge < -0.3 is 14.5 Å². The van der Waals surface area contributed by atoms with Gasteiger partial charge in [-0.2, -0.15) is 0 Å². The molecule has 31 heavy (non-hydrogen) atoms. The molecule has 4 aromatic rings. The fourth-order valence-corrected chi connectivity index (χ4v) is 4.74. The zero-order valence-electron chi connectivity index (χ0n) is 18.0. The van der Waals surface area contributed by atoms with Crippen molar-refractivity contribution in [1.29, 1.82) is 0 Å². The Morgan fingerprint density at radius 2 is 2.03 bits per heavy atom. The molecule has 2 unspecified atom stereocenters. The molecule has 1 aliphatic rings. The van der Waals surface area contributed by atoms with Gasteiger partial charge in [0.15, 0.2) is 11.5 Å². The van der Waals surface area contributed by atoms with E-state index in [1.807, 2.05) is 36.7 Å². The van der Waals surface area contributed by atoms with E-state index >= 15 is 0 Å². The summed E-state index contributed by atoms with van der Waals surface area (Å²) in [5.41, 5.74) is 3.54. The molecule has 3 heterocycles. The Morgan fingerprint density at radius 1 is 1.19 bits per heavy atom. The van der Waals surface area contributed by atoms with E-state index in [0.717, 1.165) is 46.2 Å². The number of aryl methyl sites for hydroxylation is 1. The van der Waals surface area contributed by atoms with E-state index in [0.29, 0.717) is 18.1 Å². The molecule has 0 bridgehead atoms. The van der Waals surface area contributed by atoms with Crippen molar-refractivity contribution < 1.29 is 0 Å². The maximum atomic E-state index is 13.8. The fraction of sp³-hybridized carbons (Fsp3) is 0.333. The van der Waals surface area contributed by atoms with Gasteiger partial charge >= 0.3 is 0 Å². The van der Waals surface area contributed by atoms with Gasteiger partial charge in [-0.1, -0.05) is 37.3 Å². The molecule has 0 saturated heterocycles. The molecule has 2 atom stereocenters. The average molecular weight is 415 g/mol. The van der Waals surface area contributed by atoms with E-state index in [9.17, 15) is 4.79 Å². The number of anilines is 1. The van der Waals surface area contributed by atoms with Crippen molar-refractivity contribution in [2.75, 3.05) is 11.9 Å². The predicted molar refractivity (Wildman–Crippen MR) is 123 cm³/mol. The first-order chi connectivity index (χ1) is 15.0. The predicted octanol–water partition coefficient (Wildman–Crippen LogP) is 4.14. The smallest absolute Gasteiger partial charge is 0.259 e. The number of benzene rings is 1. The first kappa shape index (κ1) is 19.5. The van der Waals surface area contributed by atoms with Crippen LogP contribution < -0.4 is 10.5 Å². The summed E-state index contributed by atoms with van der Waals surface area (Å²) in [6.07, 6.45) is 9.43. The van der Waals surface area contributed by atoms with Gasteiger partial charge in [-0.25, -0.2) is 15.0 Å². The normalized spacial score (nSPS) is 18.7. The molecule has 0 aliphatic heterocycles. The molecule has 7 heteroatoms. The van der Waals surface area contributed by atoms with E-state index in [-0.39, 0.29) is 11.6 Å². The number of aromatic amines is 1. The Kier molecular flexibility index (Phi) is 4.81. The van der Waals surface area contributed by atoms with Crippen molar-refractivity contribution in [3.63, 3.8) is 0 Å². The molecule has 1 aliphatic carbocycles. The summed E-state index contributed by atoms with van der Waals surface area (Å²) < 4.78 is 2.03. The minimum Gasteiger partial charge on any atom is -0.352 e. The molecule has 0 amide bonds. The van der Waals surface area contributed by atoms with Crippen molar-refractivity contribution in [2.24, 2.45) is 5.92 Å². The highest BCUT2D eigenvalue weighted by Gasteiger charge is 2.25. The van der Waals surface area contributed by atoms with Crippen LogP contribution in [0.5, 0.6) is 0 Å². The summed E-state index contributed by atoms with van der Waals surface area (Å²) in [6.45, 7) is 4.80. The van der Waals surface area contributed by atoms with Crippen LogP contribution in [0, 0.1) is 12.8 Å². The molecule has 1 aromatic carbocycles. The number of hydrogen-bond donors (Lipinski definition) is 1. The van der Waals surface area contributed by atoms with Crippen LogP contribution in [0.4, 0.5) is 5.82 Å². The highest BCUT2D eigenvalue weighted by atomic mass is 16.1. The Bertz CT molecular complexity index is 1350. The highest BCUT2D eigenvalue weighted by Crippen LogP contribution is 2.32. The summed E-state index contributed by atoms with van der Waals surface area (Å²) in [4.78, 5) is 31.9. The first-order valence-electron chi connectivity index (χ1n) is 10.7. The Morgan fingerprint density at radius 3 is 2.87 bits per heavy atom. The number of allylic oxidation sites excluding steroid dienone is 2. The number of aromatic nitrogens is 5. The highest BCUT2D eigenvalue weighted by molar-refractivity contribution is 5.85. The Hall–Kier alpha value is -3.48. The summed E-state index contributed by atoms with van der Waals surface area (Å²) in [7, 11) is 1.99. The van der Waals surface area contributed by atoms with Gasteiger partial charge in [0.1, 0.15) is 11.8 Å². The van der Waals surface area contributed by atoms with E-state index in [1.165, 1.54) is 6.33 Å². The lowest BCUT2D eigenvalue weighted by molar-refractivity contribution is 0.330. The van der Waals surface area contributed by atoms with Crippen LogP contribution in [0.3, 0.4) is 0 Å². The largest absolute Gasteiger partial charge is 0.352 e. The molecule has 158 valence electrons. The Labute approximate surface area is 180 Å². The zero-order chi connectivity index (χ0) is 21.5. The number of pyridine rings is 1. The number of hydrogen-bond acceptors (Lipinski definition) is 5. The average Bonchev–Trinajstić information content (AvgIpc) is 3.24. The topological polar surface area (TPSA) is 79.7 Å². The SMILES string of the molecule is Cc1cccc2cc(CN(C)c3ncnc4nc[nH]c34)n(C3CC=CCC3C)c(=O)c12. The van der Waals surface area contributed by atoms with Crippen LogP contribution in [0.15, 0.2) is 53.9 Å². The second-order valence-electron chi connectivity index (χ2n) is 8.49. The lowest BCUT2D eigenvalue weighted by Crippen LogP contribution is -2.34. The van der Waals surface area contributed by atoms with E-state index in [1.54, 1.807) is 6.33 Å². The van der Waals surface area contributed by atoms with Gasteiger partial charge in [0.2, 0.25) is 0 Å². The van der Waals surface area contributed by atoms with Crippen LogP contribution in [0.2, 0.25) is 0 Å². The second kappa shape index (κ2) is 7.65. The molecule has 3 aromatic heterocycles. The van der Waals surface area contributed by atoms with E-state index in [4.69, 9.17) is 0 Å². The lowest BCUT2D eigenvalue weighted by atomic mass is 9.89.